The number of rotatable bonds is 8. The van der Waals surface area contributed by atoms with E-state index < -0.39 is 9.84 Å². The normalized spacial score (nSPS) is 12.4. The lowest BCUT2D eigenvalue weighted by Gasteiger charge is -2.15. The van der Waals surface area contributed by atoms with Gasteiger partial charge in [0.05, 0.1) is 18.0 Å². The summed E-state index contributed by atoms with van der Waals surface area (Å²) in [5, 5.41) is 9.98. The fourth-order valence-corrected chi connectivity index (χ4v) is 3.95. The Morgan fingerprint density at radius 1 is 1.19 bits per heavy atom. The number of aromatic amines is 1. The topological polar surface area (TPSA) is 106 Å². The molecule has 0 bridgehead atoms. The van der Waals surface area contributed by atoms with Gasteiger partial charge in [0.15, 0.2) is 20.4 Å². The number of benzene rings is 2. The van der Waals surface area contributed by atoms with Crippen molar-refractivity contribution in [1.29, 1.82) is 0 Å². The number of carbonyl (C=O) groups is 1. The molecule has 8 nitrogen and oxygen atoms in total. The number of carbonyl (C=O) groups excluding carboxylic acids is 1. The monoisotopic (exact) mass is 460 g/mol. The highest BCUT2D eigenvalue weighted by atomic mass is 32.2. The summed E-state index contributed by atoms with van der Waals surface area (Å²) in [5.74, 6) is 1.23. The number of hydrogen-bond acceptors (Lipinski definition) is 6. The Kier molecular flexibility index (Phi) is 6.91. The lowest BCUT2D eigenvalue weighted by atomic mass is 10.1. The first-order chi connectivity index (χ1) is 14.7. The minimum atomic E-state index is -3.25. The van der Waals surface area contributed by atoms with E-state index >= 15 is 0 Å². The number of hydrogen-bond donors (Lipinski definition) is 2. The fourth-order valence-electron chi connectivity index (χ4n) is 3.10. The standard InChI is InChI=1S/C21H24N4O4S2/c1-14(15-6-10-18(11-7-15)31(3,27)28)22-19(26)12-13-25-20(23-24-21(25)30)16-4-8-17(29-2)9-5-16/h4-11,14H,12-13H2,1-3H3,(H,22,26)(H,24,30). The number of aromatic nitrogens is 3. The van der Waals surface area contributed by atoms with E-state index in [-0.39, 0.29) is 23.3 Å². The average Bonchev–Trinajstić information content (AvgIpc) is 3.12. The van der Waals surface area contributed by atoms with E-state index in [0.29, 0.717) is 17.1 Å². The van der Waals surface area contributed by atoms with Crippen molar-refractivity contribution in [3.63, 3.8) is 0 Å². The fraction of sp³-hybridized carbons (Fsp3) is 0.286. The molecular weight excluding hydrogens is 436 g/mol. The summed E-state index contributed by atoms with van der Waals surface area (Å²) in [6, 6.07) is 13.6. The maximum atomic E-state index is 12.5. The first-order valence-corrected chi connectivity index (χ1v) is 11.9. The van der Waals surface area contributed by atoms with Gasteiger partial charge in [-0.1, -0.05) is 12.1 Å². The summed E-state index contributed by atoms with van der Waals surface area (Å²) in [6.45, 7) is 2.21. The third-order valence-corrected chi connectivity index (χ3v) is 6.29. The van der Waals surface area contributed by atoms with Crippen LogP contribution in [-0.2, 0) is 21.2 Å². The van der Waals surface area contributed by atoms with Crippen molar-refractivity contribution in [3.8, 4) is 17.1 Å². The van der Waals surface area contributed by atoms with Crippen LogP contribution in [0.2, 0.25) is 0 Å². The van der Waals surface area contributed by atoms with Crippen molar-refractivity contribution < 1.29 is 17.9 Å². The number of amides is 1. The molecule has 0 aliphatic heterocycles. The minimum absolute atomic E-state index is 0.150. The van der Waals surface area contributed by atoms with Gasteiger partial charge in [-0.25, -0.2) is 8.42 Å². The number of nitrogens with one attached hydrogen (secondary N) is 2. The molecule has 10 heteroatoms. The molecule has 0 radical (unpaired) electrons. The summed E-state index contributed by atoms with van der Waals surface area (Å²) in [4.78, 5) is 12.7. The summed E-state index contributed by atoms with van der Waals surface area (Å²) in [5.41, 5.74) is 1.67. The molecule has 1 amide bonds. The zero-order chi connectivity index (χ0) is 22.6. The molecular formula is C21H24N4O4S2. The van der Waals surface area contributed by atoms with Crippen molar-refractivity contribution >= 4 is 28.0 Å². The van der Waals surface area contributed by atoms with Gasteiger partial charge >= 0.3 is 0 Å². The molecule has 3 rings (SSSR count). The van der Waals surface area contributed by atoms with Crippen LogP contribution in [-0.4, -0.2) is 42.5 Å². The molecule has 1 aromatic heterocycles. The maximum absolute atomic E-state index is 12.5. The zero-order valence-electron chi connectivity index (χ0n) is 17.5. The molecule has 0 aliphatic carbocycles. The zero-order valence-corrected chi connectivity index (χ0v) is 19.1. The van der Waals surface area contributed by atoms with Crippen LogP contribution in [0.3, 0.4) is 0 Å². The predicted molar refractivity (Wildman–Crippen MR) is 120 cm³/mol. The lowest BCUT2D eigenvalue weighted by molar-refractivity contribution is -0.121. The van der Waals surface area contributed by atoms with Crippen molar-refractivity contribution in [2.24, 2.45) is 0 Å². The summed E-state index contributed by atoms with van der Waals surface area (Å²) in [6.07, 6.45) is 1.37. The number of nitrogens with zero attached hydrogens (tertiary/aromatic N) is 2. The molecule has 0 saturated carbocycles. The van der Waals surface area contributed by atoms with E-state index in [0.717, 1.165) is 23.1 Å². The molecule has 1 unspecified atom stereocenters. The number of ether oxygens (including phenoxy) is 1. The minimum Gasteiger partial charge on any atom is -0.497 e. The van der Waals surface area contributed by atoms with Crippen molar-refractivity contribution in [2.45, 2.75) is 30.8 Å². The second-order valence-corrected chi connectivity index (χ2v) is 9.52. The number of methoxy groups -OCH3 is 1. The smallest absolute Gasteiger partial charge is 0.222 e. The second kappa shape index (κ2) is 9.44. The molecule has 0 fully saturated rings. The van der Waals surface area contributed by atoms with Crippen LogP contribution < -0.4 is 10.1 Å². The summed E-state index contributed by atoms with van der Waals surface area (Å²) < 4.78 is 30.6. The van der Waals surface area contributed by atoms with Crippen LogP contribution in [0.1, 0.15) is 24.9 Å². The van der Waals surface area contributed by atoms with E-state index in [1.807, 2.05) is 31.2 Å². The molecule has 0 aliphatic rings. The van der Waals surface area contributed by atoms with Crippen LogP contribution >= 0.6 is 12.2 Å². The predicted octanol–water partition coefficient (Wildman–Crippen LogP) is 3.29. The average molecular weight is 461 g/mol. The second-order valence-electron chi connectivity index (χ2n) is 7.11. The van der Waals surface area contributed by atoms with Gasteiger partial charge in [-0.15, -0.1) is 0 Å². The van der Waals surface area contributed by atoms with Crippen LogP contribution in [0.5, 0.6) is 5.75 Å². The molecule has 2 N–H and O–H groups in total. The van der Waals surface area contributed by atoms with Gasteiger partial charge in [0, 0.05) is 24.8 Å². The van der Waals surface area contributed by atoms with Gasteiger partial charge < -0.3 is 10.1 Å². The van der Waals surface area contributed by atoms with Crippen LogP contribution in [0.15, 0.2) is 53.4 Å². The highest BCUT2D eigenvalue weighted by Crippen LogP contribution is 2.21. The van der Waals surface area contributed by atoms with Crippen molar-refractivity contribution in [2.75, 3.05) is 13.4 Å². The molecule has 0 spiro atoms. The quantitative estimate of drug-likeness (QED) is 0.500. The van der Waals surface area contributed by atoms with Gasteiger partial charge in [-0.05, 0) is 61.1 Å². The van der Waals surface area contributed by atoms with E-state index in [1.165, 1.54) is 0 Å². The van der Waals surface area contributed by atoms with Gasteiger partial charge in [-0.3, -0.25) is 14.5 Å². The lowest BCUT2D eigenvalue weighted by Crippen LogP contribution is -2.27. The molecule has 1 heterocycles. The van der Waals surface area contributed by atoms with Gasteiger partial charge in [0.25, 0.3) is 0 Å². The van der Waals surface area contributed by atoms with Gasteiger partial charge in [0.2, 0.25) is 5.91 Å². The highest BCUT2D eigenvalue weighted by molar-refractivity contribution is 7.90. The Morgan fingerprint density at radius 3 is 2.42 bits per heavy atom. The van der Waals surface area contributed by atoms with Gasteiger partial charge in [-0.2, -0.15) is 5.10 Å². The summed E-state index contributed by atoms with van der Waals surface area (Å²) in [7, 11) is -1.65. The number of sulfone groups is 1. The summed E-state index contributed by atoms with van der Waals surface area (Å²) >= 11 is 5.32. The maximum Gasteiger partial charge on any atom is 0.222 e. The third-order valence-electron chi connectivity index (χ3n) is 4.85. The number of H-pyrrole nitrogens is 1. The Hall–Kier alpha value is -2.98. The Balaban J connectivity index is 1.64. The first kappa shape index (κ1) is 22.7. The van der Waals surface area contributed by atoms with E-state index in [1.54, 1.807) is 35.9 Å². The highest BCUT2D eigenvalue weighted by Gasteiger charge is 2.14. The van der Waals surface area contributed by atoms with Crippen molar-refractivity contribution in [1.82, 2.24) is 20.1 Å². The van der Waals surface area contributed by atoms with Crippen LogP contribution in [0.4, 0.5) is 0 Å². The van der Waals surface area contributed by atoms with E-state index in [2.05, 4.69) is 15.5 Å². The van der Waals surface area contributed by atoms with E-state index in [4.69, 9.17) is 17.0 Å². The van der Waals surface area contributed by atoms with E-state index in [9.17, 15) is 13.2 Å². The molecule has 1 atom stereocenters. The molecule has 0 saturated heterocycles. The Bertz CT molecular complexity index is 1210. The molecule has 164 valence electrons. The van der Waals surface area contributed by atoms with Crippen LogP contribution in [0.25, 0.3) is 11.4 Å². The van der Waals surface area contributed by atoms with Crippen LogP contribution in [0, 0.1) is 4.77 Å². The molecule has 31 heavy (non-hydrogen) atoms. The molecule has 3 aromatic rings. The molecule has 2 aromatic carbocycles. The first-order valence-electron chi connectivity index (χ1n) is 9.58. The Labute approximate surface area is 186 Å². The Morgan fingerprint density at radius 2 is 1.84 bits per heavy atom. The largest absolute Gasteiger partial charge is 0.497 e. The SMILES string of the molecule is COc1ccc(-c2n[nH]c(=S)n2CCC(=O)NC(C)c2ccc(S(C)(=O)=O)cc2)cc1. The third kappa shape index (κ3) is 5.59. The van der Waals surface area contributed by atoms with Gasteiger partial charge in [0.1, 0.15) is 5.75 Å². The van der Waals surface area contributed by atoms with Crippen molar-refractivity contribution in [3.05, 3.63) is 58.9 Å².